The lowest BCUT2D eigenvalue weighted by Gasteiger charge is -2.34. The molecule has 4 atom stereocenters. The first-order valence-electron chi connectivity index (χ1n) is 9.43. The highest BCUT2D eigenvalue weighted by Crippen LogP contribution is 2.30. The van der Waals surface area contributed by atoms with Gasteiger partial charge in [0.05, 0.1) is 12.1 Å². The van der Waals surface area contributed by atoms with E-state index in [2.05, 4.69) is 4.90 Å². The molecular weight excluding hydrogens is 350 g/mol. The summed E-state index contributed by atoms with van der Waals surface area (Å²) in [5, 5.41) is 21.1. The Labute approximate surface area is 160 Å². The summed E-state index contributed by atoms with van der Waals surface area (Å²) in [5.41, 5.74) is -0.359. The SMILES string of the molecule is CC(C)=CC(=O)OC(C)C(O)(C(=O)OCC1=CCN2CCC(O)C12)C(C)C. The average Bonchev–Trinajstić information content (AvgIpc) is 3.13. The van der Waals surface area contributed by atoms with Crippen molar-refractivity contribution in [3.63, 3.8) is 0 Å². The Morgan fingerprint density at radius 1 is 1.37 bits per heavy atom. The van der Waals surface area contributed by atoms with E-state index in [1.54, 1.807) is 27.7 Å². The van der Waals surface area contributed by atoms with Gasteiger partial charge in [-0.15, -0.1) is 0 Å². The van der Waals surface area contributed by atoms with E-state index in [1.165, 1.54) is 13.0 Å². The van der Waals surface area contributed by atoms with E-state index in [-0.39, 0.29) is 12.6 Å². The van der Waals surface area contributed by atoms with Crippen LogP contribution in [0.4, 0.5) is 0 Å². The van der Waals surface area contributed by atoms with Gasteiger partial charge in [0.1, 0.15) is 12.7 Å². The maximum atomic E-state index is 12.7. The minimum Gasteiger partial charge on any atom is -0.459 e. The summed E-state index contributed by atoms with van der Waals surface area (Å²) in [7, 11) is 0. The van der Waals surface area contributed by atoms with Crippen LogP contribution in [0, 0.1) is 5.92 Å². The lowest BCUT2D eigenvalue weighted by atomic mass is 9.85. The molecule has 7 nitrogen and oxygen atoms in total. The number of hydrogen-bond donors (Lipinski definition) is 2. The Morgan fingerprint density at radius 2 is 2.04 bits per heavy atom. The molecule has 2 rings (SSSR count). The number of aliphatic hydroxyl groups excluding tert-OH is 1. The van der Waals surface area contributed by atoms with Gasteiger partial charge in [-0.25, -0.2) is 9.59 Å². The van der Waals surface area contributed by atoms with Crippen LogP contribution >= 0.6 is 0 Å². The summed E-state index contributed by atoms with van der Waals surface area (Å²) in [4.78, 5) is 26.7. The molecule has 2 N–H and O–H groups in total. The van der Waals surface area contributed by atoms with Crippen LogP contribution in [0.3, 0.4) is 0 Å². The van der Waals surface area contributed by atoms with Gasteiger partial charge in [-0.1, -0.05) is 25.5 Å². The van der Waals surface area contributed by atoms with E-state index in [9.17, 15) is 19.8 Å². The van der Waals surface area contributed by atoms with Crippen molar-refractivity contribution in [2.24, 2.45) is 5.92 Å². The first-order chi connectivity index (χ1) is 12.6. The smallest absolute Gasteiger partial charge is 0.342 e. The Bertz CT molecular complexity index is 636. The van der Waals surface area contributed by atoms with E-state index in [1.807, 2.05) is 6.08 Å². The summed E-state index contributed by atoms with van der Waals surface area (Å²) in [6.07, 6.45) is 2.42. The quantitative estimate of drug-likeness (QED) is 0.388. The molecule has 0 aromatic carbocycles. The molecule has 27 heavy (non-hydrogen) atoms. The molecule has 0 radical (unpaired) electrons. The van der Waals surface area contributed by atoms with Gasteiger partial charge in [-0.2, -0.15) is 0 Å². The van der Waals surface area contributed by atoms with Gasteiger partial charge in [-0.05, 0) is 38.7 Å². The second kappa shape index (κ2) is 8.54. The minimum atomic E-state index is -1.96. The summed E-state index contributed by atoms with van der Waals surface area (Å²) >= 11 is 0. The zero-order valence-electron chi connectivity index (χ0n) is 16.8. The Morgan fingerprint density at radius 3 is 2.63 bits per heavy atom. The number of fused-ring (bicyclic) bond motifs is 1. The third-order valence-corrected chi connectivity index (χ3v) is 5.33. The summed E-state index contributed by atoms with van der Waals surface area (Å²) in [6, 6.07) is -0.127. The predicted octanol–water partition coefficient (Wildman–Crippen LogP) is 1.19. The topological polar surface area (TPSA) is 96.3 Å². The van der Waals surface area contributed by atoms with E-state index >= 15 is 0 Å². The van der Waals surface area contributed by atoms with Gasteiger partial charge in [0.15, 0.2) is 0 Å². The number of carbonyl (C=O) groups excluding carboxylic acids is 2. The molecule has 2 aliphatic heterocycles. The average molecular weight is 381 g/mol. The first-order valence-corrected chi connectivity index (χ1v) is 9.43. The van der Waals surface area contributed by atoms with Crippen molar-refractivity contribution >= 4 is 11.9 Å². The third-order valence-electron chi connectivity index (χ3n) is 5.33. The van der Waals surface area contributed by atoms with Crippen molar-refractivity contribution in [1.82, 2.24) is 4.90 Å². The standard InChI is InChI=1S/C20H31NO6/c1-12(2)10-17(23)27-14(5)20(25,13(3)4)19(24)26-11-15-6-8-21-9-7-16(22)18(15)21/h6,10,13-14,16,18,22,25H,7-9,11H2,1-5H3. The lowest BCUT2D eigenvalue weighted by Crippen LogP contribution is -2.55. The monoisotopic (exact) mass is 381 g/mol. The van der Waals surface area contributed by atoms with Gasteiger partial charge < -0.3 is 19.7 Å². The number of aliphatic hydroxyl groups is 2. The van der Waals surface area contributed by atoms with Gasteiger partial charge >= 0.3 is 11.9 Å². The van der Waals surface area contributed by atoms with Gasteiger partial charge in [0.2, 0.25) is 5.60 Å². The zero-order valence-corrected chi connectivity index (χ0v) is 16.8. The molecule has 4 unspecified atom stereocenters. The number of hydrogen-bond acceptors (Lipinski definition) is 7. The highest BCUT2D eigenvalue weighted by molar-refractivity contribution is 5.85. The van der Waals surface area contributed by atoms with E-state index in [4.69, 9.17) is 9.47 Å². The lowest BCUT2D eigenvalue weighted by molar-refractivity contribution is -0.191. The normalized spacial score (nSPS) is 25.4. The largest absolute Gasteiger partial charge is 0.459 e. The van der Waals surface area contributed by atoms with Gasteiger partial charge in [-0.3, -0.25) is 4.90 Å². The molecule has 2 heterocycles. The molecule has 0 saturated carbocycles. The fourth-order valence-electron chi connectivity index (χ4n) is 3.69. The van der Waals surface area contributed by atoms with Crippen molar-refractivity contribution < 1.29 is 29.3 Å². The van der Waals surface area contributed by atoms with Crippen LogP contribution in [0.1, 0.15) is 41.0 Å². The molecule has 7 heteroatoms. The van der Waals surface area contributed by atoms with Crippen molar-refractivity contribution in [3.05, 3.63) is 23.3 Å². The molecule has 0 bridgehead atoms. The first kappa shape index (κ1) is 21.6. The molecular formula is C20H31NO6. The van der Waals surface area contributed by atoms with E-state index in [0.717, 1.165) is 24.2 Å². The van der Waals surface area contributed by atoms with Crippen molar-refractivity contribution in [3.8, 4) is 0 Å². The zero-order chi connectivity index (χ0) is 20.4. The minimum absolute atomic E-state index is 0.000722. The number of carbonyl (C=O) groups is 2. The Balaban J connectivity index is 2.03. The molecule has 0 aliphatic carbocycles. The molecule has 0 aromatic heterocycles. The number of esters is 2. The molecule has 1 fully saturated rings. The second-order valence-corrected chi connectivity index (χ2v) is 7.93. The maximum Gasteiger partial charge on any atom is 0.342 e. The molecule has 0 aromatic rings. The predicted molar refractivity (Wildman–Crippen MR) is 99.8 cm³/mol. The van der Waals surface area contributed by atoms with Gasteiger partial charge in [0, 0.05) is 19.2 Å². The molecule has 0 spiro atoms. The van der Waals surface area contributed by atoms with Crippen LogP contribution in [0.25, 0.3) is 0 Å². The van der Waals surface area contributed by atoms with E-state index < -0.39 is 35.7 Å². The van der Waals surface area contributed by atoms with Crippen LogP contribution in [0.5, 0.6) is 0 Å². The second-order valence-electron chi connectivity index (χ2n) is 7.93. The number of ether oxygens (including phenoxy) is 2. The van der Waals surface area contributed by atoms with Crippen LogP contribution in [-0.2, 0) is 19.1 Å². The Kier molecular flexibility index (Phi) is 6.83. The fourth-order valence-corrected chi connectivity index (χ4v) is 3.69. The van der Waals surface area contributed by atoms with Crippen LogP contribution in [-0.4, -0.2) is 70.6 Å². The highest BCUT2D eigenvalue weighted by Gasteiger charge is 2.49. The van der Waals surface area contributed by atoms with Gasteiger partial charge in [0.25, 0.3) is 0 Å². The third kappa shape index (κ3) is 4.59. The van der Waals surface area contributed by atoms with Crippen LogP contribution < -0.4 is 0 Å². The summed E-state index contributed by atoms with van der Waals surface area (Å²) in [5.74, 6) is -1.97. The van der Waals surface area contributed by atoms with E-state index in [0.29, 0.717) is 6.42 Å². The van der Waals surface area contributed by atoms with Crippen molar-refractivity contribution in [2.45, 2.75) is 64.9 Å². The van der Waals surface area contributed by atoms with Crippen LogP contribution in [0.2, 0.25) is 0 Å². The fraction of sp³-hybridized carbons (Fsp3) is 0.700. The number of rotatable bonds is 7. The number of allylic oxidation sites excluding steroid dienone is 1. The highest BCUT2D eigenvalue weighted by atomic mass is 16.6. The van der Waals surface area contributed by atoms with Crippen molar-refractivity contribution in [1.29, 1.82) is 0 Å². The molecule has 1 saturated heterocycles. The summed E-state index contributed by atoms with van der Waals surface area (Å²) in [6.45, 7) is 9.87. The molecule has 152 valence electrons. The molecule has 2 aliphatic rings. The summed E-state index contributed by atoms with van der Waals surface area (Å²) < 4.78 is 10.6. The Hall–Kier alpha value is -1.70. The van der Waals surface area contributed by atoms with Crippen molar-refractivity contribution in [2.75, 3.05) is 19.7 Å². The maximum absolute atomic E-state index is 12.7. The molecule has 0 amide bonds. The van der Waals surface area contributed by atoms with Crippen LogP contribution in [0.15, 0.2) is 23.3 Å². The number of nitrogens with zero attached hydrogens (tertiary/aromatic N) is 1.